The minimum Gasteiger partial charge on any atom is -0.481 e. The van der Waals surface area contributed by atoms with Crippen molar-refractivity contribution in [1.29, 1.82) is 0 Å². The van der Waals surface area contributed by atoms with E-state index in [1.54, 1.807) is 6.20 Å². The Morgan fingerprint density at radius 3 is 2.62 bits per heavy atom. The molecular weight excluding hydrogens is 332 g/mol. The maximum Gasteiger partial charge on any atom is 0.306 e. The second-order valence-electron chi connectivity index (χ2n) is 6.26. The maximum atomic E-state index is 11.2. The number of nitrogens with zero attached hydrogens (tertiary/aromatic N) is 4. The monoisotopic (exact) mass is 350 g/mol. The number of carboxylic acid groups (broad SMARTS) is 1. The fourth-order valence-electron chi connectivity index (χ4n) is 3.19. The zero-order valence-corrected chi connectivity index (χ0v) is 14.1. The molecule has 7 nitrogen and oxygen atoms in total. The van der Waals surface area contributed by atoms with Gasteiger partial charge in [-0.25, -0.2) is 4.98 Å². The molecule has 1 aromatic carbocycles. The molecule has 0 bridgehead atoms. The number of piperidine rings is 1. The summed E-state index contributed by atoms with van der Waals surface area (Å²) in [7, 11) is 0. The summed E-state index contributed by atoms with van der Waals surface area (Å²) < 4.78 is 5.47. The second-order valence-corrected chi connectivity index (χ2v) is 6.26. The van der Waals surface area contributed by atoms with Crippen LogP contribution in [0.2, 0.25) is 0 Å². The highest BCUT2D eigenvalue weighted by Gasteiger charge is 2.27. The molecular formula is C19H18N4O3. The second kappa shape index (κ2) is 6.95. The molecule has 3 heterocycles. The number of anilines is 1. The average Bonchev–Trinajstić information content (AvgIpc) is 3.19. The van der Waals surface area contributed by atoms with Gasteiger partial charge in [0, 0.05) is 24.8 Å². The van der Waals surface area contributed by atoms with Crippen LogP contribution in [0, 0.1) is 5.92 Å². The van der Waals surface area contributed by atoms with Gasteiger partial charge in [0.2, 0.25) is 5.82 Å². The molecule has 1 aliphatic heterocycles. The molecule has 0 radical (unpaired) electrons. The zero-order valence-electron chi connectivity index (χ0n) is 14.1. The van der Waals surface area contributed by atoms with Gasteiger partial charge in [0.15, 0.2) is 0 Å². The quantitative estimate of drug-likeness (QED) is 0.773. The topological polar surface area (TPSA) is 92.3 Å². The lowest BCUT2D eigenvalue weighted by Gasteiger charge is -2.31. The van der Waals surface area contributed by atoms with Crippen LogP contribution in [0.15, 0.2) is 53.2 Å². The van der Waals surface area contributed by atoms with E-state index in [0.717, 1.165) is 16.9 Å². The molecule has 4 rings (SSSR count). The average molecular weight is 350 g/mol. The van der Waals surface area contributed by atoms with Gasteiger partial charge in [0.05, 0.1) is 11.5 Å². The molecule has 7 heteroatoms. The summed E-state index contributed by atoms with van der Waals surface area (Å²) in [6.45, 7) is 1.28. The van der Waals surface area contributed by atoms with Gasteiger partial charge in [-0.3, -0.25) is 4.79 Å². The van der Waals surface area contributed by atoms with E-state index in [1.165, 1.54) is 0 Å². The van der Waals surface area contributed by atoms with Crippen LogP contribution >= 0.6 is 0 Å². The lowest BCUT2D eigenvalue weighted by atomic mass is 9.97. The first-order valence-electron chi connectivity index (χ1n) is 8.54. The van der Waals surface area contributed by atoms with Crippen molar-refractivity contribution >= 4 is 11.8 Å². The third kappa shape index (κ3) is 3.15. The standard InChI is InChI=1S/C19H18N4O3/c24-19(25)14-8-11-23(12-9-14)17-15(7-4-10-20-17)18-21-16(22-26-18)13-5-2-1-3-6-13/h1-7,10,14H,8-9,11-12H2,(H,24,25). The van der Waals surface area contributed by atoms with Gasteiger partial charge in [0.25, 0.3) is 5.89 Å². The van der Waals surface area contributed by atoms with Crippen LogP contribution in [-0.2, 0) is 4.79 Å². The van der Waals surface area contributed by atoms with Gasteiger partial charge < -0.3 is 14.5 Å². The molecule has 1 saturated heterocycles. The van der Waals surface area contributed by atoms with Crippen LogP contribution in [0.1, 0.15) is 12.8 Å². The Kier molecular flexibility index (Phi) is 4.35. The summed E-state index contributed by atoms with van der Waals surface area (Å²) in [5.74, 6) is 0.675. The first kappa shape index (κ1) is 16.3. The van der Waals surface area contributed by atoms with Crippen LogP contribution in [0.3, 0.4) is 0 Å². The molecule has 0 spiro atoms. The fraction of sp³-hybridized carbons (Fsp3) is 0.263. The van der Waals surface area contributed by atoms with Crippen molar-refractivity contribution in [2.24, 2.45) is 5.92 Å². The van der Waals surface area contributed by atoms with Gasteiger partial charge in [-0.2, -0.15) is 4.98 Å². The smallest absolute Gasteiger partial charge is 0.306 e. The van der Waals surface area contributed by atoms with Crippen LogP contribution in [-0.4, -0.2) is 39.3 Å². The fourth-order valence-corrected chi connectivity index (χ4v) is 3.19. The molecule has 0 atom stereocenters. The van der Waals surface area contributed by atoms with E-state index in [0.29, 0.717) is 37.6 Å². The molecule has 0 saturated carbocycles. The zero-order chi connectivity index (χ0) is 17.9. The summed E-state index contributed by atoms with van der Waals surface area (Å²) in [5, 5.41) is 13.2. The van der Waals surface area contributed by atoms with Crippen LogP contribution in [0.4, 0.5) is 5.82 Å². The number of aliphatic carboxylic acids is 1. The van der Waals surface area contributed by atoms with Crippen molar-refractivity contribution in [3.8, 4) is 22.8 Å². The number of hydrogen-bond donors (Lipinski definition) is 1. The normalized spacial score (nSPS) is 15.2. The highest BCUT2D eigenvalue weighted by molar-refractivity contribution is 5.73. The van der Waals surface area contributed by atoms with E-state index in [2.05, 4.69) is 20.0 Å². The number of rotatable bonds is 4. The van der Waals surface area contributed by atoms with Gasteiger partial charge in [-0.1, -0.05) is 35.5 Å². The Balaban J connectivity index is 1.61. The summed E-state index contributed by atoms with van der Waals surface area (Å²) in [4.78, 5) is 22.2. The van der Waals surface area contributed by atoms with Crippen molar-refractivity contribution in [3.63, 3.8) is 0 Å². The summed E-state index contributed by atoms with van der Waals surface area (Å²) in [5.41, 5.74) is 1.64. The Hall–Kier alpha value is -3.22. The van der Waals surface area contributed by atoms with E-state index in [-0.39, 0.29) is 5.92 Å². The summed E-state index contributed by atoms with van der Waals surface area (Å²) in [6, 6.07) is 13.4. The van der Waals surface area contributed by atoms with E-state index in [1.807, 2.05) is 42.5 Å². The summed E-state index contributed by atoms with van der Waals surface area (Å²) in [6.07, 6.45) is 2.92. The Morgan fingerprint density at radius 2 is 1.88 bits per heavy atom. The maximum absolute atomic E-state index is 11.2. The molecule has 26 heavy (non-hydrogen) atoms. The van der Waals surface area contributed by atoms with E-state index in [4.69, 9.17) is 4.52 Å². The van der Waals surface area contributed by atoms with Gasteiger partial charge in [0.1, 0.15) is 5.82 Å². The minimum atomic E-state index is -0.727. The molecule has 1 N–H and O–H groups in total. The van der Waals surface area contributed by atoms with Crippen LogP contribution in [0.5, 0.6) is 0 Å². The predicted molar refractivity (Wildman–Crippen MR) is 95.5 cm³/mol. The number of carboxylic acids is 1. The predicted octanol–water partition coefficient (Wildman–Crippen LogP) is 3.10. The Bertz CT molecular complexity index is 902. The largest absolute Gasteiger partial charge is 0.481 e. The third-order valence-electron chi connectivity index (χ3n) is 4.62. The van der Waals surface area contributed by atoms with Crippen LogP contribution < -0.4 is 4.90 Å². The van der Waals surface area contributed by atoms with Crippen molar-refractivity contribution in [3.05, 3.63) is 48.7 Å². The van der Waals surface area contributed by atoms with Gasteiger partial charge >= 0.3 is 5.97 Å². The SMILES string of the molecule is O=C(O)C1CCN(c2ncccc2-c2nc(-c3ccccc3)no2)CC1. The van der Waals surface area contributed by atoms with E-state index in [9.17, 15) is 9.90 Å². The number of aromatic nitrogens is 3. The van der Waals surface area contributed by atoms with Crippen LogP contribution in [0.25, 0.3) is 22.8 Å². The molecule has 0 aliphatic carbocycles. The third-order valence-corrected chi connectivity index (χ3v) is 4.62. The number of carbonyl (C=O) groups is 1. The molecule has 132 valence electrons. The number of benzene rings is 1. The van der Waals surface area contributed by atoms with Crippen molar-refractivity contribution < 1.29 is 14.4 Å². The molecule has 3 aromatic rings. The highest BCUT2D eigenvalue weighted by atomic mass is 16.5. The molecule has 2 aromatic heterocycles. The molecule has 1 fully saturated rings. The van der Waals surface area contributed by atoms with Crippen molar-refractivity contribution in [2.75, 3.05) is 18.0 Å². The number of hydrogen-bond acceptors (Lipinski definition) is 6. The lowest BCUT2D eigenvalue weighted by Crippen LogP contribution is -2.37. The van der Waals surface area contributed by atoms with Crippen molar-refractivity contribution in [1.82, 2.24) is 15.1 Å². The Labute approximate surface area is 150 Å². The van der Waals surface area contributed by atoms with E-state index < -0.39 is 5.97 Å². The Morgan fingerprint density at radius 1 is 1.12 bits per heavy atom. The first-order chi connectivity index (χ1) is 12.7. The molecule has 0 unspecified atom stereocenters. The number of pyridine rings is 1. The van der Waals surface area contributed by atoms with Crippen molar-refractivity contribution in [2.45, 2.75) is 12.8 Å². The highest BCUT2D eigenvalue weighted by Crippen LogP contribution is 2.31. The molecule has 0 amide bonds. The van der Waals surface area contributed by atoms with Gasteiger partial charge in [-0.05, 0) is 25.0 Å². The lowest BCUT2D eigenvalue weighted by molar-refractivity contribution is -0.142. The first-order valence-corrected chi connectivity index (χ1v) is 8.54. The van der Waals surface area contributed by atoms with E-state index >= 15 is 0 Å². The molecule has 1 aliphatic rings. The minimum absolute atomic E-state index is 0.286. The van der Waals surface area contributed by atoms with Gasteiger partial charge in [-0.15, -0.1) is 0 Å². The summed E-state index contributed by atoms with van der Waals surface area (Å²) >= 11 is 0.